The first-order chi connectivity index (χ1) is 12.6. The van der Waals surface area contributed by atoms with Gasteiger partial charge in [0.1, 0.15) is 5.82 Å². The topological polar surface area (TPSA) is 0 Å². The molecule has 0 aromatic heterocycles. The van der Waals surface area contributed by atoms with Gasteiger partial charge in [-0.1, -0.05) is 55.7 Å². The van der Waals surface area contributed by atoms with Crippen molar-refractivity contribution in [2.45, 2.75) is 71.1 Å². The maximum atomic E-state index is 14.7. The summed E-state index contributed by atoms with van der Waals surface area (Å²) in [6, 6.07) is 3.91. The summed E-state index contributed by atoms with van der Waals surface area (Å²) in [5, 5.41) is 0.311. The van der Waals surface area contributed by atoms with Crippen LogP contribution in [0.2, 0.25) is 5.02 Å². The van der Waals surface area contributed by atoms with E-state index >= 15 is 0 Å². The molecule has 3 rings (SSSR count). The maximum Gasteiger partial charge on any atom is 0.149 e. The highest BCUT2D eigenvalue weighted by atomic mass is 35.5. The Hall–Kier alpha value is -1.08. The summed E-state index contributed by atoms with van der Waals surface area (Å²) >= 11 is 6.21. The standard InChI is InChI=1S/C24H32ClF/c1-3-5-6-17-7-9-19(10-8-17)20-11-13-21(14-12-20)22-16-15-18(4-2)23(25)24(22)26/h3,13,15-17,19-20H,1,4-12,14H2,2H3. The van der Waals surface area contributed by atoms with Crippen molar-refractivity contribution in [2.24, 2.45) is 17.8 Å². The molecule has 1 aromatic carbocycles. The fraction of sp³-hybridized carbons (Fsp3) is 0.583. The van der Waals surface area contributed by atoms with E-state index in [0.717, 1.165) is 60.1 Å². The highest BCUT2D eigenvalue weighted by Gasteiger charge is 2.29. The average Bonchev–Trinajstić information content (AvgIpc) is 2.69. The highest BCUT2D eigenvalue weighted by Crippen LogP contribution is 2.42. The van der Waals surface area contributed by atoms with Crippen LogP contribution in [0.4, 0.5) is 4.39 Å². The van der Waals surface area contributed by atoms with Crippen LogP contribution in [0.15, 0.2) is 30.9 Å². The Morgan fingerprint density at radius 2 is 1.92 bits per heavy atom. The zero-order valence-electron chi connectivity index (χ0n) is 16.1. The predicted octanol–water partition coefficient (Wildman–Crippen LogP) is 8.00. The average molecular weight is 375 g/mol. The smallest absolute Gasteiger partial charge is 0.149 e. The molecule has 0 N–H and O–H groups in total. The van der Waals surface area contributed by atoms with Crippen LogP contribution in [0.3, 0.4) is 0 Å². The van der Waals surface area contributed by atoms with E-state index in [4.69, 9.17) is 11.6 Å². The summed E-state index contributed by atoms with van der Waals surface area (Å²) in [6.45, 7) is 5.86. The Morgan fingerprint density at radius 3 is 2.54 bits per heavy atom. The number of rotatable bonds is 6. The molecular formula is C24H32ClF. The molecule has 0 aliphatic heterocycles. The number of hydrogen-bond donors (Lipinski definition) is 0. The lowest BCUT2D eigenvalue weighted by Crippen LogP contribution is -2.23. The molecule has 0 heterocycles. The van der Waals surface area contributed by atoms with Gasteiger partial charge in [-0.05, 0) is 80.3 Å². The Kier molecular flexibility index (Phi) is 6.98. The van der Waals surface area contributed by atoms with E-state index < -0.39 is 0 Å². The van der Waals surface area contributed by atoms with Crippen LogP contribution in [0, 0.1) is 23.6 Å². The number of hydrogen-bond acceptors (Lipinski definition) is 0. The molecule has 2 aliphatic carbocycles. The first kappa shape index (κ1) is 19.7. The molecule has 0 saturated heterocycles. The molecular weight excluding hydrogens is 343 g/mol. The molecule has 0 nitrogen and oxygen atoms in total. The van der Waals surface area contributed by atoms with Crippen LogP contribution in [0.25, 0.3) is 5.57 Å². The molecule has 0 bridgehead atoms. The van der Waals surface area contributed by atoms with Crippen LogP contribution in [-0.2, 0) is 6.42 Å². The van der Waals surface area contributed by atoms with E-state index in [1.807, 2.05) is 19.1 Å². The monoisotopic (exact) mass is 374 g/mol. The minimum Gasteiger partial charge on any atom is -0.205 e. The van der Waals surface area contributed by atoms with Crippen molar-refractivity contribution in [3.8, 4) is 0 Å². The molecule has 1 saturated carbocycles. The Bertz CT molecular complexity index is 652. The summed E-state index contributed by atoms with van der Waals surface area (Å²) in [6.07, 6.45) is 16.4. The lowest BCUT2D eigenvalue weighted by molar-refractivity contribution is 0.190. The van der Waals surface area contributed by atoms with Crippen molar-refractivity contribution in [2.75, 3.05) is 0 Å². The predicted molar refractivity (Wildman–Crippen MR) is 111 cm³/mol. The minimum absolute atomic E-state index is 0.224. The fourth-order valence-corrected chi connectivity index (χ4v) is 5.24. The first-order valence-corrected chi connectivity index (χ1v) is 10.8. The van der Waals surface area contributed by atoms with Gasteiger partial charge in [-0.15, -0.1) is 6.58 Å². The van der Waals surface area contributed by atoms with Crippen LogP contribution in [0.1, 0.15) is 75.8 Å². The molecule has 0 spiro atoms. The van der Waals surface area contributed by atoms with Crippen LogP contribution in [-0.4, -0.2) is 0 Å². The maximum absolute atomic E-state index is 14.7. The van der Waals surface area contributed by atoms with E-state index in [2.05, 4.69) is 18.7 Å². The molecule has 1 atom stereocenters. The van der Waals surface area contributed by atoms with Crippen molar-refractivity contribution in [3.05, 3.63) is 52.8 Å². The molecule has 1 aromatic rings. The van der Waals surface area contributed by atoms with E-state index in [0.29, 0.717) is 5.02 Å². The van der Waals surface area contributed by atoms with Crippen LogP contribution < -0.4 is 0 Å². The number of allylic oxidation sites excluding steroid dienone is 3. The largest absolute Gasteiger partial charge is 0.205 e. The second-order valence-corrected chi connectivity index (χ2v) is 8.54. The molecule has 0 radical (unpaired) electrons. The van der Waals surface area contributed by atoms with Gasteiger partial charge in [-0.25, -0.2) is 4.39 Å². The van der Waals surface area contributed by atoms with E-state index in [1.165, 1.54) is 38.5 Å². The Morgan fingerprint density at radius 1 is 1.15 bits per heavy atom. The SMILES string of the molecule is C=CCCC1CCC(C2CC=C(c3ccc(CC)c(Cl)c3F)CC2)CC1. The third kappa shape index (κ3) is 4.42. The number of benzene rings is 1. The van der Waals surface area contributed by atoms with Crippen molar-refractivity contribution < 1.29 is 4.39 Å². The van der Waals surface area contributed by atoms with Gasteiger partial charge in [0.05, 0.1) is 5.02 Å². The summed E-state index contributed by atoms with van der Waals surface area (Å²) in [5.74, 6) is 2.34. The third-order valence-corrected chi connectivity index (χ3v) is 7.09. The zero-order chi connectivity index (χ0) is 18.5. The summed E-state index contributed by atoms with van der Waals surface area (Å²) in [7, 11) is 0. The molecule has 1 unspecified atom stereocenters. The van der Waals surface area contributed by atoms with Gasteiger partial charge < -0.3 is 0 Å². The number of halogens is 2. The Labute approximate surface area is 163 Å². The summed E-state index contributed by atoms with van der Waals surface area (Å²) in [4.78, 5) is 0. The van der Waals surface area contributed by atoms with Crippen LogP contribution >= 0.6 is 11.6 Å². The van der Waals surface area contributed by atoms with Gasteiger partial charge in [0.25, 0.3) is 0 Å². The molecule has 1 fully saturated rings. The van der Waals surface area contributed by atoms with E-state index in [9.17, 15) is 4.39 Å². The third-order valence-electron chi connectivity index (χ3n) is 6.68. The zero-order valence-corrected chi connectivity index (χ0v) is 16.8. The van der Waals surface area contributed by atoms with Crippen molar-refractivity contribution in [3.63, 3.8) is 0 Å². The minimum atomic E-state index is -0.224. The van der Waals surface area contributed by atoms with E-state index in [-0.39, 0.29) is 5.82 Å². The molecule has 26 heavy (non-hydrogen) atoms. The molecule has 142 valence electrons. The van der Waals surface area contributed by atoms with Gasteiger partial charge in [-0.3, -0.25) is 0 Å². The lowest BCUT2D eigenvalue weighted by Gasteiger charge is -2.35. The lowest BCUT2D eigenvalue weighted by atomic mass is 9.70. The van der Waals surface area contributed by atoms with Gasteiger partial charge in [0.2, 0.25) is 0 Å². The first-order valence-electron chi connectivity index (χ1n) is 10.4. The normalized spacial score (nSPS) is 26.4. The highest BCUT2D eigenvalue weighted by molar-refractivity contribution is 6.31. The number of aryl methyl sites for hydroxylation is 1. The second-order valence-electron chi connectivity index (χ2n) is 8.16. The van der Waals surface area contributed by atoms with E-state index in [1.54, 1.807) is 0 Å². The quantitative estimate of drug-likeness (QED) is 0.442. The molecule has 2 heteroatoms. The van der Waals surface area contributed by atoms with Crippen LogP contribution in [0.5, 0.6) is 0 Å². The molecule has 2 aliphatic rings. The summed E-state index contributed by atoms with van der Waals surface area (Å²) in [5.41, 5.74) is 2.78. The van der Waals surface area contributed by atoms with Gasteiger partial charge in [-0.2, -0.15) is 0 Å². The van der Waals surface area contributed by atoms with Gasteiger partial charge in [0, 0.05) is 5.56 Å². The Balaban J connectivity index is 1.59. The van der Waals surface area contributed by atoms with Gasteiger partial charge >= 0.3 is 0 Å². The summed E-state index contributed by atoms with van der Waals surface area (Å²) < 4.78 is 14.7. The van der Waals surface area contributed by atoms with Crippen molar-refractivity contribution >= 4 is 17.2 Å². The van der Waals surface area contributed by atoms with Crippen molar-refractivity contribution in [1.29, 1.82) is 0 Å². The molecule has 0 amide bonds. The van der Waals surface area contributed by atoms with Crippen molar-refractivity contribution in [1.82, 2.24) is 0 Å². The van der Waals surface area contributed by atoms with Gasteiger partial charge in [0.15, 0.2) is 0 Å². The second kappa shape index (κ2) is 9.22. The fourth-order valence-electron chi connectivity index (χ4n) is 4.94.